The zero-order valence-corrected chi connectivity index (χ0v) is 11.0. The Morgan fingerprint density at radius 2 is 1.88 bits per heavy atom. The highest BCUT2D eigenvalue weighted by Gasteiger charge is 2.17. The molecule has 0 aliphatic heterocycles. The van der Waals surface area contributed by atoms with Crippen LogP contribution in [0.3, 0.4) is 0 Å². The molecule has 0 saturated carbocycles. The molecule has 4 heteroatoms. The fourth-order valence-electron chi connectivity index (χ4n) is 1.28. The molecule has 0 aromatic heterocycles. The molecule has 0 fully saturated rings. The summed E-state index contributed by atoms with van der Waals surface area (Å²) in [6.07, 6.45) is -0.547. The van der Waals surface area contributed by atoms with E-state index in [1.165, 1.54) is 6.92 Å². The summed E-state index contributed by atoms with van der Waals surface area (Å²) in [6.45, 7) is 8.67. The quantitative estimate of drug-likeness (QED) is 0.773. The molecule has 2 atom stereocenters. The van der Waals surface area contributed by atoms with Gasteiger partial charge in [-0.2, -0.15) is 0 Å². The Morgan fingerprint density at radius 1 is 1.35 bits per heavy atom. The van der Waals surface area contributed by atoms with Crippen LogP contribution in [0, 0.1) is 6.92 Å². The van der Waals surface area contributed by atoms with E-state index in [0.29, 0.717) is 9.80 Å². The Labute approximate surface area is 104 Å². The van der Waals surface area contributed by atoms with Gasteiger partial charge >= 0.3 is 5.97 Å². The summed E-state index contributed by atoms with van der Waals surface area (Å²) in [5, 5.41) is 0. The molecule has 1 rings (SSSR count). The molecule has 0 saturated heterocycles. The minimum atomic E-state index is -1.35. The first-order valence-corrected chi connectivity index (χ1v) is 6.41. The first kappa shape index (κ1) is 13.6. The number of esters is 1. The molecule has 1 aromatic rings. The maximum absolute atomic E-state index is 12.1. The molecule has 1 aromatic carbocycles. The van der Waals surface area contributed by atoms with E-state index in [2.05, 4.69) is 6.58 Å². The van der Waals surface area contributed by atoms with Gasteiger partial charge in [0, 0.05) is 11.8 Å². The van der Waals surface area contributed by atoms with E-state index in [-0.39, 0.29) is 0 Å². The monoisotopic (exact) mass is 252 g/mol. The molecule has 2 unspecified atom stereocenters. The third-order valence-electron chi connectivity index (χ3n) is 2.27. The van der Waals surface area contributed by atoms with E-state index >= 15 is 0 Å². The lowest BCUT2D eigenvalue weighted by atomic mass is 10.2. The summed E-state index contributed by atoms with van der Waals surface area (Å²) in [6, 6.07) is 7.35. The van der Waals surface area contributed by atoms with Crippen LogP contribution in [-0.4, -0.2) is 16.3 Å². The van der Waals surface area contributed by atoms with Crippen LogP contribution in [0.1, 0.15) is 19.4 Å². The lowest BCUT2D eigenvalue weighted by Gasteiger charge is -2.14. The summed E-state index contributed by atoms with van der Waals surface area (Å²) in [5.74, 6) is -0.403. The van der Waals surface area contributed by atoms with E-state index < -0.39 is 22.9 Å². The average molecular weight is 252 g/mol. The molecule has 92 valence electrons. The van der Waals surface area contributed by atoms with E-state index in [1.54, 1.807) is 19.1 Å². The van der Waals surface area contributed by atoms with Crippen molar-refractivity contribution in [1.82, 2.24) is 0 Å². The van der Waals surface area contributed by atoms with Crippen LogP contribution in [0.2, 0.25) is 0 Å². The molecular formula is C13H16O3S. The van der Waals surface area contributed by atoms with Crippen LogP contribution in [0.15, 0.2) is 40.6 Å². The van der Waals surface area contributed by atoms with Gasteiger partial charge in [0.05, 0.1) is 15.7 Å². The van der Waals surface area contributed by atoms with Gasteiger partial charge in [0.2, 0.25) is 0 Å². The van der Waals surface area contributed by atoms with Crippen molar-refractivity contribution in [1.29, 1.82) is 0 Å². The van der Waals surface area contributed by atoms with Crippen molar-refractivity contribution in [3.8, 4) is 0 Å². The van der Waals surface area contributed by atoms with Gasteiger partial charge in [-0.3, -0.25) is 4.79 Å². The van der Waals surface area contributed by atoms with Crippen LogP contribution in [0.4, 0.5) is 0 Å². The van der Waals surface area contributed by atoms with E-state index in [0.717, 1.165) is 5.56 Å². The van der Waals surface area contributed by atoms with E-state index in [1.807, 2.05) is 19.1 Å². The molecule has 0 aliphatic carbocycles. The fourth-order valence-corrected chi connectivity index (χ4v) is 2.31. The predicted molar refractivity (Wildman–Crippen MR) is 68.0 cm³/mol. The second-order valence-electron chi connectivity index (χ2n) is 3.80. The molecule has 0 amide bonds. The van der Waals surface area contributed by atoms with Gasteiger partial charge in [-0.15, -0.1) is 0 Å². The summed E-state index contributed by atoms with van der Waals surface area (Å²) in [7, 11) is -1.35. The highest BCUT2D eigenvalue weighted by molar-refractivity contribution is 7.89. The van der Waals surface area contributed by atoms with Crippen molar-refractivity contribution in [2.45, 2.75) is 31.8 Å². The van der Waals surface area contributed by atoms with Crippen molar-refractivity contribution in [3.05, 3.63) is 41.3 Å². The van der Waals surface area contributed by atoms with Gasteiger partial charge < -0.3 is 4.74 Å². The number of benzene rings is 1. The normalized spacial score (nSPS) is 13.8. The number of hydrogen-bond acceptors (Lipinski definition) is 3. The average Bonchev–Trinajstić information content (AvgIpc) is 2.27. The number of carbonyl (C=O) groups is 1. The van der Waals surface area contributed by atoms with Crippen LogP contribution < -0.4 is 0 Å². The number of hydrogen-bond donors (Lipinski definition) is 0. The molecular weight excluding hydrogens is 236 g/mol. The highest BCUT2D eigenvalue weighted by atomic mass is 32.2. The Morgan fingerprint density at radius 3 is 2.35 bits per heavy atom. The third-order valence-corrected chi connectivity index (χ3v) is 3.78. The maximum Gasteiger partial charge on any atom is 0.303 e. The number of rotatable bonds is 4. The number of aryl methyl sites for hydroxylation is 1. The van der Waals surface area contributed by atoms with E-state index in [9.17, 15) is 9.00 Å². The molecule has 17 heavy (non-hydrogen) atoms. The van der Waals surface area contributed by atoms with Crippen LogP contribution in [0.5, 0.6) is 0 Å². The lowest BCUT2D eigenvalue weighted by Crippen LogP contribution is -2.17. The number of carbonyl (C=O) groups excluding carboxylic acids is 1. The molecule has 0 radical (unpaired) electrons. The second kappa shape index (κ2) is 5.77. The molecule has 0 N–H and O–H groups in total. The first-order chi connectivity index (χ1) is 7.91. The van der Waals surface area contributed by atoms with Crippen molar-refractivity contribution < 1.29 is 13.7 Å². The Kier molecular flexibility index (Phi) is 4.63. The SMILES string of the molecule is C=C(C(C)OC(C)=O)S(=O)c1ccc(C)cc1. The Bertz CT molecular complexity index is 448. The van der Waals surface area contributed by atoms with Gasteiger partial charge in [0.15, 0.2) is 0 Å². The summed E-state index contributed by atoms with van der Waals surface area (Å²) < 4.78 is 17.0. The summed E-state index contributed by atoms with van der Waals surface area (Å²) >= 11 is 0. The van der Waals surface area contributed by atoms with Gasteiger partial charge in [0.1, 0.15) is 6.10 Å². The maximum atomic E-state index is 12.1. The van der Waals surface area contributed by atoms with Crippen molar-refractivity contribution >= 4 is 16.8 Å². The van der Waals surface area contributed by atoms with Gasteiger partial charge in [-0.1, -0.05) is 24.3 Å². The largest absolute Gasteiger partial charge is 0.457 e. The molecule has 0 aliphatic rings. The molecule has 0 bridgehead atoms. The zero-order valence-electron chi connectivity index (χ0n) is 10.2. The molecule has 0 heterocycles. The van der Waals surface area contributed by atoms with Crippen molar-refractivity contribution in [2.24, 2.45) is 0 Å². The molecule has 3 nitrogen and oxygen atoms in total. The van der Waals surface area contributed by atoms with Gasteiger partial charge in [-0.05, 0) is 26.0 Å². The first-order valence-electron chi connectivity index (χ1n) is 5.26. The Hall–Kier alpha value is -1.42. The third kappa shape index (κ3) is 3.82. The van der Waals surface area contributed by atoms with E-state index in [4.69, 9.17) is 4.74 Å². The van der Waals surface area contributed by atoms with Crippen molar-refractivity contribution in [3.63, 3.8) is 0 Å². The standard InChI is InChI=1S/C13H16O3S/c1-9-5-7-13(8-6-9)17(15)11(3)10(2)16-12(4)14/h5-8,10H,3H2,1-2,4H3. The molecule has 0 spiro atoms. The van der Waals surface area contributed by atoms with Crippen LogP contribution in [0.25, 0.3) is 0 Å². The summed E-state index contributed by atoms with van der Waals surface area (Å²) in [4.78, 5) is 11.9. The summed E-state index contributed by atoms with van der Waals surface area (Å²) in [5.41, 5.74) is 1.10. The topological polar surface area (TPSA) is 43.4 Å². The van der Waals surface area contributed by atoms with Crippen molar-refractivity contribution in [2.75, 3.05) is 0 Å². The lowest BCUT2D eigenvalue weighted by molar-refractivity contribution is -0.143. The number of ether oxygens (including phenoxy) is 1. The Balaban J connectivity index is 2.79. The predicted octanol–water partition coefficient (Wildman–Crippen LogP) is 2.57. The van der Waals surface area contributed by atoms with Gasteiger partial charge in [-0.25, -0.2) is 4.21 Å². The zero-order chi connectivity index (χ0) is 13.0. The minimum absolute atomic E-state index is 0.393. The van der Waals surface area contributed by atoms with Gasteiger partial charge in [0.25, 0.3) is 0 Å². The smallest absolute Gasteiger partial charge is 0.303 e. The fraction of sp³-hybridized carbons (Fsp3) is 0.308. The second-order valence-corrected chi connectivity index (χ2v) is 5.33. The minimum Gasteiger partial charge on any atom is -0.457 e. The van der Waals surface area contributed by atoms with Crippen LogP contribution in [-0.2, 0) is 20.3 Å². The van der Waals surface area contributed by atoms with Crippen LogP contribution >= 0.6 is 0 Å². The highest BCUT2D eigenvalue weighted by Crippen LogP contribution is 2.18.